The molecule has 1 aromatic heterocycles. The summed E-state index contributed by atoms with van der Waals surface area (Å²) in [5, 5.41) is 10.9. The second-order valence-electron chi connectivity index (χ2n) is 3.84. The Kier molecular flexibility index (Phi) is 4.69. The van der Waals surface area contributed by atoms with Crippen molar-refractivity contribution in [3.8, 4) is 0 Å². The van der Waals surface area contributed by atoms with E-state index in [0.29, 0.717) is 11.9 Å². The third-order valence-corrected chi connectivity index (χ3v) is 3.02. The molecule has 0 aliphatic rings. The molecular formula is C11H16ClN3O2. The van der Waals surface area contributed by atoms with Gasteiger partial charge in [-0.3, -0.25) is 10.1 Å². The van der Waals surface area contributed by atoms with Gasteiger partial charge in [0.25, 0.3) is 5.69 Å². The van der Waals surface area contributed by atoms with Gasteiger partial charge < -0.3 is 4.90 Å². The minimum atomic E-state index is -0.461. The largest absolute Gasteiger partial charge is 0.356 e. The van der Waals surface area contributed by atoms with E-state index in [-0.39, 0.29) is 10.8 Å². The lowest BCUT2D eigenvalue weighted by Gasteiger charge is -2.27. The van der Waals surface area contributed by atoms with Gasteiger partial charge >= 0.3 is 0 Å². The Balaban J connectivity index is 3.08. The highest BCUT2D eigenvalue weighted by Crippen LogP contribution is 2.24. The van der Waals surface area contributed by atoms with Crippen LogP contribution in [0.2, 0.25) is 5.15 Å². The second-order valence-corrected chi connectivity index (χ2v) is 4.23. The Hall–Kier alpha value is -1.36. The van der Waals surface area contributed by atoms with Gasteiger partial charge in [-0.25, -0.2) is 4.98 Å². The van der Waals surface area contributed by atoms with Crippen molar-refractivity contribution in [3.63, 3.8) is 0 Å². The van der Waals surface area contributed by atoms with Crippen LogP contribution in [0.25, 0.3) is 0 Å². The van der Waals surface area contributed by atoms with Crippen molar-refractivity contribution in [3.05, 3.63) is 27.4 Å². The average molecular weight is 258 g/mol. The molecule has 0 amide bonds. The maximum atomic E-state index is 10.7. The fourth-order valence-electron chi connectivity index (χ4n) is 1.78. The Bertz CT molecular complexity index is 408. The summed E-state index contributed by atoms with van der Waals surface area (Å²) in [6, 6.07) is 3.01. The van der Waals surface area contributed by atoms with Crippen LogP contribution in [-0.2, 0) is 0 Å². The normalized spacial score (nSPS) is 10.6. The van der Waals surface area contributed by atoms with Gasteiger partial charge in [-0.1, -0.05) is 25.4 Å². The molecule has 0 N–H and O–H groups in total. The number of nitrogens with zero attached hydrogens (tertiary/aromatic N) is 3. The first kappa shape index (κ1) is 13.7. The summed E-state index contributed by atoms with van der Waals surface area (Å²) in [5.74, 6) is 0.540. The molecule has 0 aliphatic heterocycles. The fraction of sp³-hybridized carbons (Fsp3) is 0.545. The summed E-state index contributed by atoms with van der Waals surface area (Å²) in [6.45, 7) is 4.15. The van der Waals surface area contributed by atoms with Crippen molar-refractivity contribution in [2.75, 3.05) is 11.9 Å². The Morgan fingerprint density at radius 2 is 2.06 bits per heavy atom. The molecule has 17 heavy (non-hydrogen) atoms. The van der Waals surface area contributed by atoms with Gasteiger partial charge in [0.1, 0.15) is 11.0 Å². The van der Waals surface area contributed by atoms with Crippen LogP contribution in [-0.4, -0.2) is 23.0 Å². The molecule has 0 fully saturated rings. The van der Waals surface area contributed by atoms with E-state index >= 15 is 0 Å². The number of anilines is 1. The molecule has 1 heterocycles. The van der Waals surface area contributed by atoms with E-state index in [4.69, 9.17) is 11.6 Å². The third-order valence-electron chi connectivity index (χ3n) is 2.83. The van der Waals surface area contributed by atoms with Crippen LogP contribution < -0.4 is 4.90 Å². The SMILES string of the molecule is CCC(CC)N(C)c1cc([N+](=O)[O-])cc(Cl)n1. The van der Waals surface area contributed by atoms with Gasteiger partial charge in [-0.05, 0) is 12.8 Å². The van der Waals surface area contributed by atoms with Crippen LogP contribution in [0.15, 0.2) is 12.1 Å². The molecule has 6 heteroatoms. The summed E-state index contributed by atoms with van der Waals surface area (Å²) >= 11 is 5.79. The highest BCUT2D eigenvalue weighted by Gasteiger charge is 2.17. The molecule has 1 rings (SSSR count). The molecule has 0 atom stereocenters. The van der Waals surface area contributed by atoms with E-state index in [9.17, 15) is 10.1 Å². The molecule has 5 nitrogen and oxygen atoms in total. The molecule has 0 bridgehead atoms. The van der Waals surface area contributed by atoms with Gasteiger partial charge in [0.05, 0.1) is 17.1 Å². The van der Waals surface area contributed by atoms with Crippen molar-refractivity contribution in [2.24, 2.45) is 0 Å². The number of aromatic nitrogens is 1. The van der Waals surface area contributed by atoms with Crippen LogP contribution in [0.4, 0.5) is 11.5 Å². The number of hydrogen-bond donors (Lipinski definition) is 0. The first-order chi connectivity index (χ1) is 7.99. The van der Waals surface area contributed by atoms with Gasteiger partial charge in [-0.15, -0.1) is 0 Å². The zero-order valence-corrected chi connectivity index (χ0v) is 10.9. The highest BCUT2D eigenvalue weighted by molar-refractivity contribution is 6.29. The second kappa shape index (κ2) is 5.82. The van der Waals surface area contributed by atoms with Crippen LogP contribution in [0.1, 0.15) is 26.7 Å². The summed E-state index contributed by atoms with van der Waals surface area (Å²) in [4.78, 5) is 16.3. The molecule has 94 valence electrons. The van der Waals surface area contributed by atoms with Crippen molar-refractivity contribution >= 4 is 23.1 Å². The lowest BCUT2D eigenvalue weighted by atomic mass is 10.1. The maximum absolute atomic E-state index is 10.7. The zero-order chi connectivity index (χ0) is 13.0. The molecule has 0 saturated carbocycles. The van der Waals surface area contributed by atoms with E-state index < -0.39 is 4.92 Å². The predicted octanol–water partition coefficient (Wildman–Crippen LogP) is 3.27. The quantitative estimate of drug-likeness (QED) is 0.461. The number of halogens is 1. The first-order valence-corrected chi connectivity index (χ1v) is 5.92. The minimum absolute atomic E-state index is 0.0298. The lowest BCUT2D eigenvalue weighted by molar-refractivity contribution is -0.384. The number of pyridine rings is 1. The van der Waals surface area contributed by atoms with E-state index in [1.54, 1.807) is 0 Å². The number of rotatable bonds is 5. The molecule has 0 saturated heterocycles. The summed E-state index contributed by atoms with van der Waals surface area (Å²) < 4.78 is 0. The lowest BCUT2D eigenvalue weighted by Crippen LogP contribution is -2.31. The third kappa shape index (κ3) is 3.30. The highest BCUT2D eigenvalue weighted by atomic mass is 35.5. The molecule has 0 spiro atoms. The number of hydrogen-bond acceptors (Lipinski definition) is 4. The summed E-state index contributed by atoms with van der Waals surface area (Å²) in [7, 11) is 1.88. The van der Waals surface area contributed by atoms with Crippen LogP contribution in [0, 0.1) is 10.1 Å². The maximum Gasteiger partial charge on any atom is 0.276 e. The topological polar surface area (TPSA) is 59.3 Å². The first-order valence-electron chi connectivity index (χ1n) is 5.54. The van der Waals surface area contributed by atoms with Crippen molar-refractivity contribution in [1.82, 2.24) is 4.98 Å². The van der Waals surface area contributed by atoms with Crippen molar-refractivity contribution in [2.45, 2.75) is 32.7 Å². The van der Waals surface area contributed by atoms with Crippen LogP contribution in [0.3, 0.4) is 0 Å². The molecule has 0 aliphatic carbocycles. The van der Waals surface area contributed by atoms with E-state index in [1.807, 2.05) is 11.9 Å². The van der Waals surface area contributed by atoms with Crippen molar-refractivity contribution in [1.29, 1.82) is 0 Å². The molecule has 0 unspecified atom stereocenters. The molecule has 0 aromatic carbocycles. The fourth-order valence-corrected chi connectivity index (χ4v) is 1.98. The Labute approximate surface area is 106 Å². The van der Waals surface area contributed by atoms with Crippen molar-refractivity contribution < 1.29 is 4.92 Å². The van der Waals surface area contributed by atoms with E-state index in [1.165, 1.54) is 12.1 Å². The Morgan fingerprint density at radius 1 is 1.47 bits per heavy atom. The summed E-state index contributed by atoms with van der Waals surface area (Å²) in [5.41, 5.74) is -0.0298. The summed E-state index contributed by atoms with van der Waals surface area (Å²) in [6.07, 6.45) is 1.91. The smallest absolute Gasteiger partial charge is 0.276 e. The monoisotopic (exact) mass is 257 g/mol. The van der Waals surface area contributed by atoms with Gasteiger partial charge in [0.15, 0.2) is 0 Å². The predicted molar refractivity (Wildman–Crippen MR) is 68.7 cm³/mol. The molecular weight excluding hydrogens is 242 g/mol. The van der Waals surface area contributed by atoms with E-state index in [0.717, 1.165) is 12.8 Å². The van der Waals surface area contributed by atoms with E-state index in [2.05, 4.69) is 18.8 Å². The van der Waals surface area contributed by atoms with Gasteiger partial charge in [0.2, 0.25) is 0 Å². The number of nitro groups is 1. The van der Waals surface area contributed by atoms with Crippen LogP contribution >= 0.6 is 11.6 Å². The Morgan fingerprint density at radius 3 is 2.53 bits per heavy atom. The molecule has 0 radical (unpaired) electrons. The zero-order valence-electron chi connectivity index (χ0n) is 10.2. The van der Waals surface area contributed by atoms with Crippen LogP contribution in [0.5, 0.6) is 0 Å². The standard InChI is InChI=1S/C11H16ClN3O2/c1-4-8(5-2)14(3)11-7-9(15(16)17)6-10(12)13-11/h6-8H,4-5H2,1-3H3. The van der Waals surface area contributed by atoms with Gasteiger partial charge in [0, 0.05) is 13.1 Å². The van der Waals surface area contributed by atoms with Gasteiger partial charge in [-0.2, -0.15) is 0 Å². The molecule has 1 aromatic rings. The minimum Gasteiger partial charge on any atom is -0.356 e. The average Bonchev–Trinajstić information content (AvgIpc) is 2.29.